The number of amides is 1. The summed E-state index contributed by atoms with van der Waals surface area (Å²) in [6.45, 7) is 5.60. The molecule has 5 rings (SSSR count). The van der Waals surface area contributed by atoms with Crippen molar-refractivity contribution in [1.29, 1.82) is 0 Å². The van der Waals surface area contributed by atoms with Crippen LogP contribution in [0.3, 0.4) is 0 Å². The number of likely N-dealkylation sites (N-methyl/N-ethyl adjacent to an activating group) is 1. The van der Waals surface area contributed by atoms with Gasteiger partial charge in [-0.2, -0.15) is 0 Å². The summed E-state index contributed by atoms with van der Waals surface area (Å²) in [6, 6.07) is 7.66. The molecule has 0 bridgehead atoms. The molecule has 1 saturated heterocycles. The number of aromatic nitrogens is 1. The Morgan fingerprint density at radius 3 is 2.70 bits per heavy atom. The number of hydrogen-bond donors (Lipinski definition) is 3. The van der Waals surface area contributed by atoms with Gasteiger partial charge < -0.3 is 25.0 Å². The molecular weight excluding hydrogens is 466 g/mol. The lowest BCUT2D eigenvalue weighted by Crippen LogP contribution is -2.70. The number of carbonyl (C=O) groups is 1. The van der Waals surface area contributed by atoms with Gasteiger partial charge in [0.05, 0.1) is 12.7 Å². The van der Waals surface area contributed by atoms with Crippen LogP contribution in [0, 0.1) is 12.8 Å². The molecule has 1 saturated carbocycles. The van der Waals surface area contributed by atoms with Gasteiger partial charge in [-0.05, 0) is 87.5 Å². The van der Waals surface area contributed by atoms with Gasteiger partial charge in [0.25, 0.3) is 11.5 Å². The first-order valence-corrected chi connectivity index (χ1v) is 13.8. The number of hydrogen-bond acceptors (Lipinski definition) is 5. The minimum atomic E-state index is -1.09. The summed E-state index contributed by atoms with van der Waals surface area (Å²) in [5.74, 6) is 0.921. The van der Waals surface area contributed by atoms with Gasteiger partial charge in [0, 0.05) is 36.5 Å². The highest BCUT2D eigenvalue weighted by Gasteiger charge is 2.60. The van der Waals surface area contributed by atoms with E-state index >= 15 is 0 Å². The molecule has 1 aliphatic heterocycles. The molecule has 1 aromatic carbocycles. The van der Waals surface area contributed by atoms with Crippen molar-refractivity contribution < 1.29 is 14.6 Å². The fraction of sp³-hybridized carbons (Fsp3) is 0.600. The fourth-order valence-electron chi connectivity index (χ4n) is 7.22. The van der Waals surface area contributed by atoms with E-state index in [0.717, 1.165) is 53.9 Å². The number of aromatic amines is 1. The van der Waals surface area contributed by atoms with Gasteiger partial charge in [-0.1, -0.05) is 25.3 Å². The number of aliphatic hydroxyl groups is 1. The maximum atomic E-state index is 13.1. The zero-order valence-electron chi connectivity index (χ0n) is 22.7. The normalized spacial score (nSPS) is 28.3. The van der Waals surface area contributed by atoms with Crippen molar-refractivity contribution in [2.45, 2.75) is 82.3 Å². The third kappa shape index (κ3) is 4.40. The predicted molar refractivity (Wildman–Crippen MR) is 144 cm³/mol. The Morgan fingerprint density at radius 1 is 1.22 bits per heavy atom. The number of fused-ring (bicyclic) bond motifs is 2. The minimum absolute atomic E-state index is 0.115. The topological polar surface area (TPSA) is 94.7 Å². The molecule has 200 valence electrons. The first-order chi connectivity index (χ1) is 17.7. The van der Waals surface area contributed by atoms with Crippen molar-refractivity contribution in [3.05, 3.63) is 62.6 Å². The second-order valence-corrected chi connectivity index (χ2v) is 11.7. The monoisotopic (exact) mass is 507 g/mol. The van der Waals surface area contributed by atoms with Crippen LogP contribution in [0.15, 0.2) is 29.1 Å². The van der Waals surface area contributed by atoms with Gasteiger partial charge in [0.15, 0.2) is 0 Å². The molecule has 1 aromatic heterocycles. The maximum Gasteiger partial charge on any atom is 0.261 e. The van der Waals surface area contributed by atoms with E-state index in [1.54, 1.807) is 13.2 Å². The minimum Gasteiger partial charge on any atom is -0.497 e. The van der Waals surface area contributed by atoms with E-state index < -0.39 is 11.0 Å². The van der Waals surface area contributed by atoms with Gasteiger partial charge in [-0.3, -0.25) is 9.59 Å². The van der Waals surface area contributed by atoms with Gasteiger partial charge >= 0.3 is 0 Å². The Bertz CT molecular complexity index is 1230. The molecular formula is C30H41N3O4. The lowest BCUT2D eigenvalue weighted by atomic mass is 9.53. The number of piperidine rings is 1. The highest BCUT2D eigenvalue weighted by atomic mass is 16.5. The Balaban J connectivity index is 1.53. The van der Waals surface area contributed by atoms with Crippen molar-refractivity contribution in [2.24, 2.45) is 5.92 Å². The van der Waals surface area contributed by atoms with E-state index in [1.165, 1.54) is 19.3 Å². The van der Waals surface area contributed by atoms with Crippen molar-refractivity contribution in [2.75, 3.05) is 27.2 Å². The number of methoxy groups -OCH3 is 1. The molecule has 1 amide bonds. The van der Waals surface area contributed by atoms with Gasteiger partial charge in [-0.15, -0.1) is 0 Å². The zero-order valence-corrected chi connectivity index (χ0v) is 22.7. The van der Waals surface area contributed by atoms with Crippen molar-refractivity contribution in [3.63, 3.8) is 0 Å². The summed E-state index contributed by atoms with van der Waals surface area (Å²) in [4.78, 5) is 31.5. The largest absolute Gasteiger partial charge is 0.497 e. The number of nitrogens with one attached hydrogen (secondary N) is 2. The molecule has 2 fully saturated rings. The maximum absolute atomic E-state index is 13.1. The van der Waals surface area contributed by atoms with E-state index in [2.05, 4.69) is 42.2 Å². The molecule has 0 spiro atoms. The molecule has 3 N–H and O–H groups in total. The standard InChI is InChI=1S/C30H41N3O4/c1-19-10-11-23(37-4)15-25(19)29-12-13-33(3)20(2)30(29,36)16-22-14-24(28(35)32-26(22)17-29)27(34)31-18-21-8-6-5-7-9-21/h10-11,14-15,20-21,36H,5-9,12-13,16-18H2,1-4H3,(H,31,34)(H,32,35). The number of rotatable bonds is 5. The third-order valence-electron chi connectivity index (χ3n) is 9.71. The van der Waals surface area contributed by atoms with Crippen molar-refractivity contribution in [3.8, 4) is 5.75 Å². The highest BCUT2D eigenvalue weighted by Crippen LogP contribution is 2.53. The molecule has 7 heteroatoms. The number of benzene rings is 1. The molecule has 37 heavy (non-hydrogen) atoms. The Morgan fingerprint density at radius 2 is 1.97 bits per heavy atom. The Kier molecular flexibility index (Phi) is 6.96. The van der Waals surface area contributed by atoms with Crippen LogP contribution in [-0.2, 0) is 18.3 Å². The van der Waals surface area contributed by atoms with Crippen LogP contribution in [0.2, 0.25) is 0 Å². The van der Waals surface area contributed by atoms with Crippen LogP contribution < -0.4 is 15.6 Å². The molecule has 7 nitrogen and oxygen atoms in total. The number of H-pyrrole nitrogens is 1. The summed E-state index contributed by atoms with van der Waals surface area (Å²) in [7, 11) is 3.71. The summed E-state index contributed by atoms with van der Waals surface area (Å²) in [5.41, 5.74) is 1.94. The van der Waals surface area contributed by atoms with Crippen molar-refractivity contribution in [1.82, 2.24) is 15.2 Å². The molecule has 0 radical (unpaired) electrons. The number of likely N-dealkylation sites (tertiary alicyclic amines) is 1. The van der Waals surface area contributed by atoms with Gasteiger partial charge in [-0.25, -0.2) is 0 Å². The Hall–Kier alpha value is -2.64. The SMILES string of the molecule is COc1ccc(C)c(C23CCN(C)C(C)C2(O)Cc2cc(C(=O)NCC4CCCCC4)c(=O)[nH]c2C3)c1. The van der Waals surface area contributed by atoms with E-state index in [1.807, 2.05) is 12.1 Å². The number of pyridine rings is 1. The number of carbonyl (C=O) groups excluding carboxylic acids is 1. The highest BCUT2D eigenvalue weighted by molar-refractivity contribution is 5.94. The van der Waals surface area contributed by atoms with Crippen LogP contribution in [0.4, 0.5) is 0 Å². The van der Waals surface area contributed by atoms with Crippen LogP contribution in [0.5, 0.6) is 5.75 Å². The molecule has 3 atom stereocenters. The van der Waals surface area contributed by atoms with E-state index in [4.69, 9.17) is 4.74 Å². The zero-order chi connectivity index (χ0) is 26.4. The predicted octanol–water partition coefficient (Wildman–Crippen LogP) is 3.49. The average Bonchev–Trinajstić information content (AvgIpc) is 2.90. The smallest absolute Gasteiger partial charge is 0.261 e. The summed E-state index contributed by atoms with van der Waals surface area (Å²) in [5, 5.41) is 15.6. The van der Waals surface area contributed by atoms with Gasteiger partial charge in [0.1, 0.15) is 11.3 Å². The third-order valence-corrected chi connectivity index (χ3v) is 9.71. The van der Waals surface area contributed by atoms with Crippen LogP contribution in [0.1, 0.15) is 78.2 Å². The Labute approximate surface area is 219 Å². The van der Waals surface area contributed by atoms with E-state index in [0.29, 0.717) is 25.3 Å². The molecule has 2 aliphatic carbocycles. The van der Waals surface area contributed by atoms with Crippen molar-refractivity contribution >= 4 is 5.91 Å². The van der Waals surface area contributed by atoms with Crippen LogP contribution >= 0.6 is 0 Å². The second-order valence-electron chi connectivity index (χ2n) is 11.7. The van der Waals surface area contributed by atoms with E-state index in [-0.39, 0.29) is 23.1 Å². The number of aryl methyl sites for hydroxylation is 1. The molecule has 3 unspecified atom stereocenters. The van der Waals surface area contributed by atoms with Gasteiger partial charge in [0.2, 0.25) is 0 Å². The molecule has 2 heterocycles. The lowest BCUT2D eigenvalue weighted by molar-refractivity contribution is -0.132. The average molecular weight is 508 g/mol. The summed E-state index contributed by atoms with van der Waals surface area (Å²) in [6.07, 6.45) is 7.57. The number of ether oxygens (including phenoxy) is 1. The quantitative estimate of drug-likeness (QED) is 0.576. The number of nitrogens with zero attached hydrogens (tertiary/aromatic N) is 1. The van der Waals surface area contributed by atoms with E-state index in [9.17, 15) is 14.7 Å². The summed E-state index contributed by atoms with van der Waals surface area (Å²) < 4.78 is 5.56. The molecule has 2 aromatic rings. The second kappa shape index (κ2) is 9.91. The van der Waals surface area contributed by atoms with Crippen LogP contribution in [-0.4, -0.2) is 59.8 Å². The first-order valence-electron chi connectivity index (χ1n) is 13.8. The molecule has 3 aliphatic rings. The summed E-state index contributed by atoms with van der Waals surface area (Å²) >= 11 is 0. The first kappa shape index (κ1) is 26.0. The lowest BCUT2D eigenvalue weighted by Gasteiger charge is -2.59. The van der Waals surface area contributed by atoms with Crippen LogP contribution in [0.25, 0.3) is 0 Å². The fourth-order valence-corrected chi connectivity index (χ4v) is 7.22.